The van der Waals surface area contributed by atoms with Gasteiger partial charge in [0.2, 0.25) is 0 Å². The summed E-state index contributed by atoms with van der Waals surface area (Å²) in [7, 11) is 0. The molecule has 0 spiro atoms. The molecule has 0 aromatic heterocycles. The zero-order valence-corrected chi connectivity index (χ0v) is 5.75. The van der Waals surface area contributed by atoms with E-state index in [2.05, 4.69) is 12.2 Å². The van der Waals surface area contributed by atoms with Crippen LogP contribution in [0, 0.1) is 11.8 Å². The smallest absolute Gasteiger partial charge is 0.309 e. The Morgan fingerprint density at radius 3 is 3.00 bits per heavy atom. The van der Waals surface area contributed by atoms with Crippen LogP contribution in [0.15, 0.2) is 12.2 Å². The second-order valence-electron chi connectivity index (χ2n) is 2.94. The van der Waals surface area contributed by atoms with E-state index < -0.39 is 0 Å². The van der Waals surface area contributed by atoms with Crippen LogP contribution in [0.5, 0.6) is 0 Å². The topological polar surface area (TPSA) is 26.3 Å². The Bertz CT molecular complexity index is 184. The summed E-state index contributed by atoms with van der Waals surface area (Å²) in [5.41, 5.74) is 0. The third-order valence-electron chi connectivity index (χ3n) is 2.31. The molecule has 1 saturated heterocycles. The molecule has 1 aliphatic heterocycles. The number of ether oxygens (including phenoxy) is 1. The quantitative estimate of drug-likeness (QED) is 0.370. The van der Waals surface area contributed by atoms with Crippen molar-refractivity contribution in [3.63, 3.8) is 0 Å². The number of rotatable bonds is 0. The summed E-state index contributed by atoms with van der Waals surface area (Å²) in [5, 5.41) is 0. The van der Waals surface area contributed by atoms with Crippen molar-refractivity contribution in [1.82, 2.24) is 0 Å². The molecule has 1 aliphatic carbocycles. The molecule has 2 atom stereocenters. The molecule has 0 saturated carbocycles. The predicted octanol–water partition coefficient (Wildman–Crippen LogP) is 1.13. The number of hydrogen-bond donors (Lipinski definition) is 0. The number of carbonyl (C=O) groups is 1. The molecule has 2 heteroatoms. The lowest BCUT2D eigenvalue weighted by Gasteiger charge is -2.14. The molecule has 2 rings (SSSR count). The van der Waals surface area contributed by atoms with Gasteiger partial charge in [0, 0.05) is 5.92 Å². The van der Waals surface area contributed by atoms with E-state index in [1.807, 2.05) is 0 Å². The highest BCUT2D eigenvalue weighted by Gasteiger charge is 2.36. The molecule has 0 aromatic rings. The molecular formula is C8H10O2. The maximum absolute atomic E-state index is 11.0. The van der Waals surface area contributed by atoms with Crippen LogP contribution in [0.25, 0.3) is 0 Å². The standard InChI is InChI=1S/C8H10O2/c9-8-7-4-2-1-3-6(7)5-10-8/h1-2,6-7H,3-5H2/t6-,7+/m0/s1. The van der Waals surface area contributed by atoms with Crippen LogP contribution < -0.4 is 0 Å². The highest BCUT2D eigenvalue weighted by Crippen LogP contribution is 2.31. The summed E-state index contributed by atoms with van der Waals surface area (Å²) in [4.78, 5) is 11.0. The van der Waals surface area contributed by atoms with Crippen LogP contribution in [0.2, 0.25) is 0 Å². The van der Waals surface area contributed by atoms with Crippen LogP contribution in [-0.4, -0.2) is 12.6 Å². The second-order valence-corrected chi connectivity index (χ2v) is 2.94. The van der Waals surface area contributed by atoms with Crippen molar-refractivity contribution in [2.45, 2.75) is 12.8 Å². The van der Waals surface area contributed by atoms with Crippen LogP contribution in [-0.2, 0) is 9.53 Å². The van der Waals surface area contributed by atoms with Crippen molar-refractivity contribution < 1.29 is 9.53 Å². The molecule has 2 aliphatic rings. The van der Waals surface area contributed by atoms with E-state index in [0.717, 1.165) is 12.8 Å². The first-order chi connectivity index (χ1) is 4.88. The largest absolute Gasteiger partial charge is 0.465 e. The van der Waals surface area contributed by atoms with Gasteiger partial charge < -0.3 is 4.74 Å². The van der Waals surface area contributed by atoms with E-state index in [1.165, 1.54) is 0 Å². The molecule has 0 bridgehead atoms. The molecule has 10 heavy (non-hydrogen) atoms. The van der Waals surface area contributed by atoms with Crippen molar-refractivity contribution in [3.05, 3.63) is 12.2 Å². The van der Waals surface area contributed by atoms with Gasteiger partial charge in [-0.05, 0) is 12.8 Å². The fourth-order valence-electron chi connectivity index (χ4n) is 1.64. The van der Waals surface area contributed by atoms with Gasteiger partial charge in [-0.15, -0.1) is 0 Å². The molecule has 2 nitrogen and oxygen atoms in total. The van der Waals surface area contributed by atoms with Crippen molar-refractivity contribution in [1.29, 1.82) is 0 Å². The number of fused-ring (bicyclic) bond motifs is 1. The van der Waals surface area contributed by atoms with Crippen LogP contribution in [0.3, 0.4) is 0 Å². The van der Waals surface area contributed by atoms with Crippen LogP contribution in [0.4, 0.5) is 0 Å². The highest BCUT2D eigenvalue weighted by atomic mass is 16.5. The van der Waals surface area contributed by atoms with E-state index in [9.17, 15) is 4.79 Å². The molecule has 0 unspecified atom stereocenters. The summed E-state index contributed by atoms with van der Waals surface area (Å²) in [6.45, 7) is 0.647. The third-order valence-corrected chi connectivity index (χ3v) is 2.31. The van der Waals surface area contributed by atoms with Gasteiger partial charge in [-0.2, -0.15) is 0 Å². The third kappa shape index (κ3) is 0.753. The van der Waals surface area contributed by atoms with Gasteiger partial charge in [0.1, 0.15) is 0 Å². The Balaban J connectivity index is 2.17. The average Bonchev–Trinajstić information content (AvgIpc) is 2.34. The Labute approximate surface area is 59.9 Å². The van der Waals surface area contributed by atoms with Crippen LogP contribution >= 0.6 is 0 Å². The van der Waals surface area contributed by atoms with Gasteiger partial charge in [-0.3, -0.25) is 4.79 Å². The predicted molar refractivity (Wildman–Crippen MR) is 36.3 cm³/mol. The van der Waals surface area contributed by atoms with E-state index in [0.29, 0.717) is 12.5 Å². The number of carbonyl (C=O) groups excluding carboxylic acids is 1. The summed E-state index contributed by atoms with van der Waals surface area (Å²) in [6, 6.07) is 0. The molecule has 0 N–H and O–H groups in total. The number of allylic oxidation sites excluding steroid dienone is 2. The van der Waals surface area contributed by atoms with Crippen molar-refractivity contribution in [2.75, 3.05) is 6.61 Å². The van der Waals surface area contributed by atoms with Gasteiger partial charge >= 0.3 is 5.97 Å². The van der Waals surface area contributed by atoms with Crippen LogP contribution in [0.1, 0.15) is 12.8 Å². The first kappa shape index (κ1) is 5.96. The van der Waals surface area contributed by atoms with Gasteiger partial charge in [0.25, 0.3) is 0 Å². The average molecular weight is 138 g/mol. The molecule has 1 fully saturated rings. The van der Waals surface area contributed by atoms with E-state index in [4.69, 9.17) is 4.74 Å². The minimum Gasteiger partial charge on any atom is -0.465 e. The first-order valence-corrected chi connectivity index (χ1v) is 3.69. The minimum absolute atomic E-state index is 0.00866. The number of cyclic esters (lactones) is 1. The normalized spacial score (nSPS) is 37.4. The summed E-state index contributed by atoms with van der Waals surface area (Å²) >= 11 is 0. The van der Waals surface area contributed by atoms with E-state index in [-0.39, 0.29) is 11.9 Å². The molecule has 1 heterocycles. The van der Waals surface area contributed by atoms with Crippen molar-refractivity contribution >= 4 is 5.97 Å². The lowest BCUT2D eigenvalue weighted by molar-refractivity contribution is -0.141. The Kier molecular flexibility index (Phi) is 1.26. The SMILES string of the molecule is O=C1OC[C@@H]2CC=CC[C@@H]12. The Morgan fingerprint density at radius 1 is 1.40 bits per heavy atom. The summed E-state index contributed by atoms with van der Waals surface area (Å²) in [6.07, 6.45) is 6.14. The first-order valence-electron chi connectivity index (χ1n) is 3.69. The van der Waals surface area contributed by atoms with Gasteiger partial charge in [-0.25, -0.2) is 0 Å². The molecule has 0 aromatic carbocycles. The Hall–Kier alpha value is -0.790. The van der Waals surface area contributed by atoms with Crippen molar-refractivity contribution in [3.8, 4) is 0 Å². The molecule has 54 valence electrons. The molecular weight excluding hydrogens is 128 g/mol. The lowest BCUT2D eigenvalue weighted by atomic mass is 9.86. The van der Waals surface area contributed by atoms with Crippen molar-refractivity contribution in [2.24, 2.45) is 11.8 Å². The minimum atomic E-state index is 0.00866. The van der Waals surface area contributed by atoms with E-state index >= 15 is 0 Å². The number of hydrogen-bond acceptors (Lipinski definition) is 2. The zero-order chi connectivity index (χ0) is 6.97. The fourth-order valence-corrected chi connectivity index (χ4v) is 1.64. The fraction of sp³-hybridized carbons (Fsp3) is 0.625. The number of esters is 1. The van der Waals surface area contributed by atoms with E-state index in [1.54, 1.807) is 0 Å². The van der Waals surface area contributed by atoms with Gasteiger partial charge in [-0.1, -0.05) is 12.2 Å². The Morgan fingerprint density at radius 2 is 2.20 bits per heavy atom. The maximum Gasteiger partial charge on any atom is 0.309 e. The maximum atomic E-state index is 11.0. The summed E-state index contributed by atoms with van der Waals surface area (Å²) in [5.74, 6) is 0.678. The van der Waals surface area contributed by atoms with Gasteiger partial charge in [0.15, 0.2) is 0 Å². The highest BCUT2D eigenvalue weighted by molar-refractivity contribution is 5.75. The molecule has 0 amide bonds. The summed E-state index contributed by atoms with van der Waals surface area (Å²) < 4.78 is 4.92. The molecule has 0 radical (unpaired) electrons. The second kappa shape index (κ2) is 2.11. The lowest BCUT2D eigenvalue weighted by Crippen LogP contribution is -2.16. The monoisotopic (exact) mass is 138 g/mol. The zero-order valence-electron chi connectivity index (χ0n) is 5.75. The van der Waals surface area contributed by atoms with Gasteiger partial charge in [0.05, 0.1) is 12.5 Å².